The van der Waals surface area contributed by atoms with E-state index in [-0.39, 0.29) is 5.91 Å². The lowest BCUT2D eigenvalue weighted by Crippen LogP contribution is -2.25. The normalized spacial score (nSPS) is 11.4. The lowest BCUT2D eigenvalue weighted by Gasteiger charge is -2.17. The predicted molar refractivity (Wildman–Crippen MR) is 76.0 cm³/mol. The molecule has 0 bridgehead atoms. The van der Waals surface area contributed by atoms with Crippen LogP contribution in [0.25, 0.3) is 0 Å². The van der Waals surface area contributed by atoms with Gasteiger partial charge in [0.25, 0.3) is 5.91 Å². The van der Waals surface area contributed by atoms with Gasteiger partial charge in [-0.2, -0.15) is 0 Å². The van der Waals surface area contributed by atoms with E-state index in [0.29, 0.717) is 11.3 Å². The van der Waals surface area contributed by atoms with Gasteiger partial charge in [-0.25, -0.2) is 0 Å². The van der Waals surface area contributed by atoms with E-state index in [1.807, 2.05) is 24.3 Å². The van der Waals surface area contributed by atoms with Gasteiger partial charge in [0.15, 0.2) is 0 Å². The minimum atomic E-state index is -0.950. The highest BCUT2D eigenvalue weighted by Crippen LogP contribution is 2.20. The Morgan fingerprint density at radius 1 is 0.950 bits per heavy atom. The number of nitrogens with one attached hydrogen (secondary N) is 1. The summed E-state index contributed by atoms with van der Waals surface area (Å²) in [6.07, 6.45) is -0.950. The second kappa shape index (κ2) is 6.52. The third kappa shape index (κ3) is 3.68. The molecule has 4 nitrogen and oxygen atoms in total. The first kappa shape index (κ1) is 13.8. The maximum absolute atomic E-state index is 12.3. The van der Waals surface area contributed by atoms with Crippen molar-refractivity contribution in [3.63, 3.8) is 0 Å². The van der Waals surface area contributed by atoms with E-state index in [0.717, 1.165) is 0 Å². The molecule has 1 amide bonds. The Balaban J connectivity index is 2.18. The third-order valence-corrected chi connectivity index (χ3v) is 2.67. The highest BCUT2D eigenvalue weighted by Gasteiger charge is 2.23. The van der Waals surface area contributed by atoms with E-state index in [9.17, 15) is 9.59 Å². The molecule has 0 spiro atoms. The lowest BCUT2D eigenvalue weighted by molar-refractivity contribution is -0.152. The van der Waals surface area contributed by atoms with Crippen LogP contribution in [-0.4, -0.2) is 11.9 Å². The maximum Gasteiger partial charge on any atom is 0.303 e. The first-order chi connectivity index (χ1) is 9.66. The van der Waals surface area contributed by atoms with Crippen LogP contribution in [0.4, 0.5) is 5.69 Å². The summed E-state index contributed by atoms with van der Waals surface area (Å²) in [5, 5.41) is 2.73. The topological polar surface area (TPSA) is 55.4 Å². The van der Waals surface area contributed by atoms with Crippen molar-refractivity contribution in [2.45, 2.75) is 13.0 Å². The van der Waals surface area contributed by atoms with Crippen molar-refractivity contribution in [1.82, 2.24) is 0 Å². The average Bonchev–Trinajstić information content (AvgIpc) is 2.46. The van der Waals surface area contributed by atoms with Gasteiger partial charge in [-0.3, -0.25) is 9.59 Å². The number of anilines is 1. The van der Waals surface area contributed by atoms with E-state index in [1.165, 1.54) is 6.92 Å². The highest BCUT2D eigenvalue weighted by molar-refractivity contribution is 5.95. The fraction of sp³-hybridized carbons (Fsp3) is 0.125. The van der Waals surface area contributed by atoms with Gasteiger partial charge in [-0.05, 0) is 12.1 Å². The summed E-state index contributed by atoms with van der Waals surface area (Å²) in [6.45, 7) is 1.28. The van der Waals surface area contributed by atoms with Crippen molar-refractivity contribution in [3.8, 4) is 0 Å². The number of amides is 1. The number of para-hydroxylation sites is 1. The zero-order valence-electron chi connectivity index (χ0n) is 11.1. The van der Waals surface area contributed by atoms with Crippen molar-refractivity contribution in [1.29, 1.82) is 0 Å². The summed E-state index contributed by atoms with van der Waals surface area (Å²) in [4.78, 5) is 23.4. The van der Waals surface area contributed by atoms with Crippen LogP contribution in [0, 0.1) is 0 Å². The van der Waals surface area contributed by atoms with E-state index in [2.05, 4.69) is 5.32 Å². The fourth-order valence-corrected chi connectivity index (χ4v) is 1.80. The number of esters is 1. The zero-order chi connectivity index (χ0) is 14.4. The molecule has 2 rings (SSSR count). The van der Waals surface area contributed by atoms with E-state index >= 15 is 0 Å². The van der Waals surface area contributed by atoms with Gasteiger partial charge in [0.1, 0.15) is 0 Å². The van der Waals surface area contributed by atoms with Gasteiger partial charge in [0.2, 0.25) is 6.10 Å². The molecule has 1 atom stereocenters. The molecule has 0 aliphatic heterocycles. The van der Waals surface area contributed by atoms with Crippen LogP contribution in [0.2, 0.25) is 0 Å². The van der Waals surface area contributed by atoms with E-state index in [1.54, 1.807) is 36.4 Å². The summed E-state index contributed by atoms with van der Waals surface area (Å²) in [5.41, 5.74) is 1.29. The molecule has 0 saturated heterocycles. The predicted octanol–water partition coefficient (Wildman–Crippen LogP) is 2.93. The molecular weight excluding hydrogens is 254 g/mol. The Labute approximate surface area is 117 Å². The van der Waals surface area contributed by atoms with Gasteiger partial charge >= 0.3 is 5.97 Å². The molecule has 0 radical (unpaired) electrons. The third-order valence-electron chi connectivity index (χ3n) is 2.67. The molecular formula is C16H15NO3. The molecule has 20 heavy (non-hydrogen) atoms. The molecule has 1 unspecified atom stereocenters. The Kier molecular flexibility index (Phi) is 4.50. The Morgan fingerprint density at radius 3 is 2.05 bits per heavy atom. The van der Waals surface area contributed by atoms with Crippen LogP contribution in [0.15, 0.2) is 60.7 Å². The number of rotatable bonds is 4. The molecule has 0 saturated carbocycles. The second-order valence-corrected chi connectivity index (χ2v) is 4.26. The number of ether oxygens (including phenoxy) is 1. The fourth-order valence-electron chi connectivity index (χ4n) is 1.80. The molecule has 0 aliphatic carbocycles. The van der Waals surface area contributed by atoms with Crippen molar-refractivity contribution in [2.75, 3.05) is 5.32 Å². The molecule has 1 N–H and O–H groups in total. The van der Waals surface area contributed by atoms with Crippen molar-refractivity contribution >= 4 is 17.6 Å². The van der Waals surface area contributed by atoms with Gasteiger partial charge in [-0.1, -0.05) is 48.5 Å². The number of hydrogen-bond acceptors (Lipinski definition) is 3. The van der Waals surface area contributed by atoms with Crippen LogP contribution in [0.3, 0.4) is 0 Å². The minimum absolute atomic E-state index is 0.377. The number of carbonyl (C=O) groups excluding carboxylic acids is 2. The smallest absolute Gasteiger partial charge is 0.303 e. The van der Waals surface area contributed by atoms with Crippen molar-refractivity contribution < 1.29 is 14.3 Å². The van der Waals surface area contributed by atoms with Gasteiger partial charge in [-0.15, -0.1) is 0 Å². The van der Waals surface area contributed by atoms with E-state index < -0.39 is 12.1 Å². The van der Waals surface area contributed by atoms with Crippen LogP contribution in [0.1, 0.15) is 18.6 Å². The van der Waals surface area contributed by atoms with Gasteiger partial charge in [0, 0.05) is 18.2 Å². The minimum Gasteiger partial charge on any atom is -0.447 e. The van der Waals surface area contributed by atoms with Crippen LogP contribution < -0.4 is 5.32 Å². The molecule has 4 heteroatoms. The number of carbonyl (C=O) groups is 2. The quantitative estimate of drug-likeness (QED) is 0.868. The van der Waals surface area contributed by atoms with Gasteiger partial charge < -0.3 is 10.1 Å². The molecule has 0 aliphatic rings. The van der Waals surface area contributed by atoms with Crippen molar-refractivity contribution in [2.24, 2.45) is 0 Å². The number of benzene rings is 2. The standard InChI is InChI=1S/C16H15NO3/c1-12(18)20-15(13-8-4-2-5-9-13)16(19)17-14-10-6-3-7-11-14/h2-11,15H,1H3,(H,17,19). The molecule has 0 aromatic heterocycles. The molecule has 2 aromatic carbocycles. The SMILES string of the molecule is CC(=O)OC(C(=O)Nc1ccccc1)c1ccccc1. The van der Waals surface area contributed by atoms with Crippen molar-refractivity contribution in [3.05, 3.63) is 66.2 Å². The molecule has 0 fully saturated rings. The number of hydrogen-bond donors (Lipinski definition) is 1. The van der Waals surface area contributed by atoms with Crippen LogP contribution in [-0.2, 0) is 14.3 Å². The zero-order valence-corrected chi connectivity index (χ0v) is 11.1. The highest BCUT2D eigenvalue weighted by atomic mass is 16.5. The second-order valence-electron chi connectivity index (χ2n) is 4.26. The Bertz CT molecular complexity index is 581. The summed E-state index contributed by atoms with van der Waals surface area (Å²) in [5.74, 6) is -0.875. The Hall–Kier alpha value is -2.62. The Morgan fingerprint density at radius 2 is 1.50 bits per heavy atom. The van der Waals surface area contributed by atoms with Gasteiger partial charge in [0.05, 0.1) is 0 Å². The molecule has 0 heterocycles. The monoisotopic (exact) mass is 269 g/mol. The first-order valence-electron chi connectivity index (χ1n) is 6.25. The molecule has 102 valence electrons. The maximum atomic E-state index is 12.3. The largest absolute Gasteiger partial charge is 0.447 e. The lowest BCUT2D eigenvalue weighted by atomic mass is 10.1. The summed E-state index contributed by atoms with van der Waals surface area (Å²) >= 11 is 0. The van der Waals surface area contributed by atoms with E-state index in [4.69, 9.17) is 4.74 Å². The van der Waals surface area contributed by atoms with Crippen LogP contribution in [0.5, 0.6) is 0 Å². The first-order valence-corrected chi connectivity index (χ1v) is 6.25. The van der Waals surface area contributed by atoms with Crippen LogP contribution >= 0.6 is 0 Å². The summed E-state index contributed by atoms with van der Waals surface area (Å²) in [6, 6.07) is 18.0. The summed E-state index contributed by atoms with van der Waals surface area (Å²) < 4.78 is 5.12. The summed E-state index contributed by atoms with van der Waals surface area (Å²) in [7, 11) is 0. The molecule has 2 aromatic rings. The average molecular weight is 269 g/mol.